The maximum atomic E-state index is 3.52. The second-order valence-electron chi connectivity index (χ2n) is 4.74. The van der Waals surface area contributed by atoms with Crippen LogP contribution in [0.3, 0.4) is 0 Å². The van der Waals surface area contributed by atoms with Crippen molar-refractivity contribution in [3.63, 3.8) is 0 Å². The molecule has 2 aromatic carbocycles. The Balaban J connectivity index is 1.94. The lowest BCUT2D eigenvalue weighted by Gasteiger charge is -2.15. The highest BCUT2D eigenvalue weighted by Crippen LogP contribution is 2.14. The molecule has 0 heterocycles. The Bertz CT molecular complexity index is 440. The zero-order chi connectivity index (χ0) is 13.0. The summed E-state index contributed by atoms with van der Waals surface area (Å²) in [6.45, 7) is 4.32. The predicted octanol–water partition coefficient (Wildman–Crippen LogP) is 4.80. The third-order valence-electron chi connectivity index (χ3n) is 2.92. The van der Waals surface area contributed by atoms with Crippen LogP contribution in [0.4, 0.5) is 5.69 Å². The number of rotatable bonds is 4. The standard InChI is InChI=1S/C16H18BrN/c1-12-3-9-16(10-4-12)18-13(2)11-14-5-7-15(17)8-6-14/h3-10,13,18H,11H2,1-2H3. The molecule has 1 nitrogen and oxygen atoms in total. The Morgan fingerprint density at radius 3 is 2.22 bits per heavy atom. The first-order valence-electron chi connectivity index (χ1n) is 6.21. The summed E-state index contributed by atoms with van der Waals surface area (Å²) in [6.07, 6.45) is 1.03. The Kier molecular flexibility index (Phi) is 4.43. The molecule has 2 heteroatoms. The van der Waals surface area contributed by atoms with Crippen molar-refractivity contribution in [2.24, 2.45) is 0 Å². The lowest BCUT2D eigenvalue weighted by molar-refractivity contribution is 0.790. The normalized spacial score (nSPS) is 12.2. The highest BCUT2D eigenvalue weighted by molar-refractivity contribution is 9.10. The maximum absolute atomic E-state index is 3.52. The quantitative estimate of drug-likeness (QED) is 0.855. The highest BCUT2D eigenvalue weighted by atomic mass is 79.9. The second-order valence-corrected chi connectivity index (χ2v) is 5.66. The number of halogens is 1. The number of benzene rings is 2. The van der Waals surface area contributed by atoms with Crippen LogP contribution in [0.25, 0.3) is 0 Å². The van der Waals surface area contributed by atoms with Crippen LogP contribution >= 0.6 is 15.9 Å². The molecule has 18 heavy (non-hydrogen) atoms. The molecule has 94 valence electrons. The molecule has 1 N–H and O–H groups in total. The number of hydrogen-bond acceptors (Lipinski definition) is 1. The molecule has 0 aliphatic rings. The lowest BCUT2D eigenvalue weighted by atomic mass is 10.1. The van der Waals surface area contributed by atoms with Crippen molar-refractivity contribution in [3.8, 4) is 0 Å². The van der Waals surface area contributed by atoms with Crippen molar-refractivity contribution in [1.82, 2.24) is 0 Å². The molecule has 0 aromatic heterocycles. The Labute approximate surface area is 117 Å². The molecule has 0 aliphatic carbocycles. The summed E-state index contributed by atoms with van der Waals surface area (Å²) in [5.74, 6) is 0. The summed E-state index contributed by atoms with van der Waals surface area (Å²) in [4.78, 5) is 0. The summed E-state index contributed by atoms with van der Waals surface area (Å²) < 4.78 is 1.13. The summed E-state index contributed by atoms with van der Waals surface area (Å²) >= 11 is 3.46. The average Bonchev–Trinajstić information content (AvgIpc) is 2.35. The second kappa shape index (κ2) is 6.05. The van der Waals surface area contributed by atoms with E-state index in [-0.39, 0.29) is 0 Å². The average molecular weight is 304 g/mol. The van der Waals surface area contributed by atoms with Crippen LogP contribution in [0.2, 0.25) is 0 Å². The van der Waals surface area contributed by atoms with Gasteiger partial charge in [-0.1, -0.05) is 45.8 Å². The fourth-order valence-corrected chi connectivity index (χ4v) is 2.22. The van der Waals surface area contributed by atoms with Gasteiger partial charge in [0.05, 0.1) is 0 Å². The third-order valence-corrected chi connectivity index (χ3v) is 3.45. The minimum Gasteiger partial charge on any atom is -0.382 e. The van der Waals surface area contributed by atoms with Crippen LogP contribution in [0.15, 0.2) is 53.0 Å². The predicted molar refractivity (Wildman–Crippen MR) is 82.1 cm³/mol. The van der Waals surface area contributed by atoms with Gasteiger partial charge in [-0.05, 0) is 50.1 Å². The molecule has 1 unspecified atom stereocenters. The molecule has 0 aliphatic heterocycles. The Morgan fingerprint density at radius 1 is 1.00 bits per heavy atom. The van der Waals surface area contributed by atoms with Gasteiger partial charge in [0.1, 0.15) is 0 Å². The minimum absolute atomic E-state index is 0.425. The largest absolute Gasteiger partial charge is 0.382 e. The van der Waals surface area contributed by atoms with Gasteiger partial charge < -0.3 is 5.32 Å². The lowest BCUT2D eigenvalue weighted by Crippen LogP contribution is -2.17. The van der Waals surface area contributed by atoms with Crippen molar-refractivity contribution in [3.05, 3.63) is 64.1 Å². The van der Waals surface area contributed by atoms with Crippen LogP contribution in [0.1, 0.15) is 18.1 Å². The molecule has 0 spiro atoms. The van der Waals surface area contributed by atoms with Crippen molar-refractivity contribution in [2.75, 3.05) is 5.32 Å². The first kappa shape index (κ1) is 13.2. The van der Waals surface area contributed by atoms with Crippen molar-refractivity contribution in [2.45, 2.75) is 26.3 Å². The fraction of sp³-hybridized carbons (Fsp3) is 0.250. The van der Waals surface area contributed by atoms with Gasteiger partial charge in [-0.25, -0.2) is 0 Å². The van der Waals surface area contributed by atoms with Gasteiger partial charge in [0.2, 0.25) is 0 Å². The molecule has 0 fully saturated rings. The van der Waals surface area contributed by atoms with E-state index in [1.165, 1.54) is 16.8 Å². The van der Waals surface area contributed by atoms with E-state index in [9.17, 15) is 0 Å². The van der Waals surface area contributed by atoms with Crippen LogP contribution in [-0.4, -0.2) is 6.04 Å². The van der Waals surface area contributed by atoms with E-state index >= 15 is 0 Å². The molecular weight excluding hydrogens is 286 g/mol. The van der Waals surface area contributed by atoms with Crippen LogP contribution in [-0.2, 0) is 6.42 Å². The number of aryl methyl sites for hydroxylation is 1. The van der Waals surface area contributed by atoms with Gasteiger partial charge in [0, 0.05) is 16.2 Å². The van der Waals surface area contributed by atoms with Gasteiger partial charge in [0.25, 0.3) is 0 Å². The summed E-state index contributed by atoms with van der Waals surface area (Å²) in [7, 11) is 0. The molecule has 0 amide bonds. The van der Waals surface area contributed by atoms with E-state index < -0.39 is 0 Å². The minimum atomic E-state index is 0.425. The number of nitrogens with one attached hydrogen (secondary N) is 1. The SMILES string of the molecule is Cc1ccc(NC(C)Cc2ccc(Br)cc2)cc1. The Morgan fingerprint density at radius 2 is 1.61 bits per heavy atom. The third kappa shape index (κ3) is 3.88. The van der Waals surface area contributed by atoms with E-state index in [1.54, 1.807) is 0 Å². The van der Waals surface area contributed by atoms with Crippen molar-refractivity contribution < 1.29 is 0 Å². The fourth-order valence-electron chi connectivity index (χ4n) is 1.96. The monoisotopic (exact) mass is 303 g/mol. The van der Waals surface area contributed by atoms with E-state index in [4.69, 9.17) is 0 Å². The summed E-state index contributed by atoms with van der Waals surface area (Å²) in [5, 5.41) is 3.52. The first-order chi connectivity index (χ1) is 8.63. The molecule has 2 aromatic rings. The zero-order valence-corrected chi connectivity index (χ0v) is 12.4. The molecule has 0 radical (unpaired) electrons. The van der Waals surface area contributed by atoms with E-state index in [0.29, 0.717) is 6.04 Å². The van der Waals surface area contributed by atoms with Gasteiger partial charge in [-0.2, -0.15) is 0 Å². The smallest absolute Gasteiger partial charge is 0.0342 e. The molecule has 2 rings (SSSR count). The zero-order valence-electron chi connectivity index (χ0n) is 10.8. The molecule has 0 saturated heterocycles. The van der Waals surface area contributed by atoms with Gasteiger partial charge in [-0.15, -0.1) is 0 Å². The maximum Gasteiger partial charge on any atom is 0.0342 e. The van der Waals surface area contributed by atoms with E-state index in [1.807, 2.05) is 0 Å². The van der Waals surface area contributed by atoms with Gasteiger partial charge >= 0.3 is 0 Å². The highest BCUT2D eigenvalue weighted by Gasteiger charge is 2.03. The summed E-state index contributed by atoms with van der Waals surface area (Å²) in [6, 6.07) is 17.5. The van der Waals surface area contributed by atoms with Crippen molar-refractivity contribution in [1.29, 1.82) is 0 Å². The number of hydrogen-bond donors (Lipinski definition) is 1. The van der Waals surface area contributed by atoms with Gasteiger partial charge in [-0.3, -0.25) is 0 Å². The van der Waals surface area contributed by atoms with E-state index in [2.05, 4.69) is 83.6 Å². The number of anilines is 1. The van der Waals surface area contributed by atoms with Crippen molar-refractivity contribution >= 4 is 21.6 Å². The van der Waals surface area contributed by atoms with Crippen LogP contribution < -0.4 is 5.32 Å². The molecular formula is C16H18BrN. The molecule has 0 saturated carbocycles. The molecule has 0 bridgehead atoms. The van der Waals surface area contributed by atoms with E-state index in [0.717, 1.165) is 10.9 Å². The Hall–Kier alpha value is -1.28. The molecule has 1 atom stereocenters. The first-order valence-corrected chi connectivity index (χ1v) is 7.00. The van der Waals surface area contributed by atoms with Gasteiger partial charge in [0.15, 0.2) is 0 Å². The topological polar surface area (TPSA) is 12.0 Å². The summed E-state index contributed by atoms with van der Waals surface area (Å²) in [5.41, 5.74) is 3.83. The van der Waals surface area contributed by atoms with Crippen LogP contribution in [0, 0.1) is 6.92 Å². The van der Waals surface area contributed by atoms with Crippen LogP contribution in [0.5, 0.6) is 0 Å².